The molecule has 0 aromatic carbocycles. The zero-order valence-corrected chi connectivity index (χ0v) is 13.0. The lowest BCUT2D eigenvalue weighted by atomic mass is 10.1. The van der Waals surface area contributed by atoms with Crippen molar-refractivity contribution in [3.05, 3.63) is 12.2 Å². The van der Waals surface area contributed by atoms with Crippen LogP contribution in [-0.4, -0.2) is 16.5 Å². The van der Waals surface area contributed by atoms with Crippen LogP contribution in [-0.2, 0) is 4.79 Å². The maximum absolute atomic E-state index is 10.5. The molecule has 0 rings (SSSR count). The predicted octanol–water partition coefficient (Wildman–Crippen LogP) is 5.55. The Labute approximate surface area is 123 Å². The van der Waals surface area contributed by atoms with Crippen LogP contribution in [0.5, 0.6) is 0 Å². The van der Waals surface area contributed by atoms with Crippen LogP contribution in [0.1, 0.15) is 77.6 Å². The summed E-state index contributed by atoms with van der Waals surface area (Å²) in [7, 11) is 0. The second kappa shape index (κ2) is 13.9. The highest BCUT2D eigenvalue weighted by Gasteiger charge is 2.11. The molecule has 0 fully saturated rings. The molecule has 19 heavy (non-hydrogen) atoms. The Balaban J connectivity index is 3.19. The van der Waals surface area contributed by atoms with Gasteiger partial charge in [0.15, 0.2) is 0 Å². The van der Waals surface area contributed by atoms with Gasteiger partial charge in [-0.3, -0.25) is 4.79 Å². The highest BCUT2D eigenvalue weighted by Crippen LogP contribution is 2.10. The average Bonchev–Trinajstić information content (AvgIpc) is 2.39. The minimum atomic E-state index is -0.903. The molecule has 0 amide bonds. The number of aliphatic carboxylic acids is 1. The normalized spacial score (nSPS) is 12.9. The Bertz CT molecular complexity index is 239. The molecule has 0 aromatic heterocycles. The largest absolute Gasteiger partial charge is 0.480 e. The molecule has 1 N–H and O–H groups in total. The summed E-state index contributed by atoms with van der Waals surface area (Å²) in [4.78, 5) is 10.5. The first-order chi connectivity index (χ1) is 9.18. The molecular formula is C16H29ClO2. The molecule has 1 atom stereocenters. The number of allylic oxidation sites excluding steroid dienone is 2. The van der Waals surface area contributed by atoms with E-state index in [1.54, 1.807) is 0 Å². The molecule has 2 nitrogen and oxygen atoms in total. The number of carboxylic acids is 1. The summed E-state index contributed by atoms with van der Waals surface area (Å²) in [5, 5.41) is 7.90. The van der Waals surface area contributed by atoms with Crippen molar-refractivity contribution in [2.45, 2.75) is 82.9 Å². The van der Waals surface area contributed by atoms with E-state index < -0.39 is 11.3 Å². The van der Waals surface area contributed by atoms with Gasteiger partial charge in [0.1, 0.15) is 5.38 Å². The summed E-state index contributed by atoms with van der Waals surface area (Å²) in [5.74, 6) is -0.903. The Morgan fingerprint density at radius 3 is 2.11 bits per heavy atom. The summed E-state index contributed by atoms with van der Waals surface area (Å²) in [6, 6.07) is 0. The molecule has 0 aromatic rings. The van der Waals surface area contributed by atoms with Crippen molar-refractivity contribution in [3.8, 4) is 0 Å². The quantitative estimate of drug-likeness (QED) is 0.274. The number of hydrogen-bond acceptors (Lipinski definition) is 1. The molecule has 0 saturated heterocycles. The monoisotopic (exact) mass is 288 g/mol. The lowest BCUT2D eigenvalue weighted by Gasteiger charge is -2.02. The van der Waals surface area contributed by atoms with Crippen LogP contribution in [0.25, 0.3) is 0 Å². The Morgan fingerprint density at radius 1 is 1.00 bits per heavy atom. The standard InChI is InChI=1S/C16H29ClO2/c1-2-3-4-5-6-7-8-9-10-11-12-13-14-15(17)16(18)19/h9-10,15H,2-8,11-14H2,1H3,(H,18,19)/b10-9+. The van der Waals surface area contributed by atoms with E-state index in [4.69, 9.17) is 16.7 Å². The maximum atomic E-state index is 10.5. The fourth-order valence-corrected chi connectivity index (χ4v) is 2.14. The number of hydrogen-bond donors (Lipinski definition) is 1. The van der Waals surface area contributed by atoms with Crippen molar-refractivity contribution >= 4 is 17.6 Å². The highest BCUT2D eigenvalue weighted by molar-refractivity contribution is 6.29. The van der Waals surface area contributed by atoms with Crippen LogP contribution in [0.15, 0.2) is 12.2 Å². The molecule has 112 valence electrons. The van der Waals surface area contributed by atoms with E-state index in [0.717, 1.165) is 19.3 Å². The van der Waals surface area contributed by atoms with Crippen LogP contribution in [0.2, 0.25) is 0 Å². The molecule has 0 aliphatic rings. The van der Waals surface area contributed by atoms with Gasteiger partial charge in [-0.15, -0.1) is 11.6 Å². The molecule has 1 unspecified atom stereocenters. The molecular weight excluding hydrogens is 260 g/mol. The van der Waals surface area contributed by atoms with Crippen LogP contribution in [0.4, 0.5) is 0 Å². The molecule has 0 spiro atoms. The first-order valence-electron chi connectivity index (χ1n) is 7.70. The third kappa shape index (κ3) is 13.7. The number of carbonyl (C=O) groups is 1. The molecule has 3 heteroatoms. The molecule has 0 aliphatic carbocycles. The number of rotatable bonds is 13. The molecule has 0 bridgehead atoms. The first-order valence-corrected chi connectivity index (χ1v) is 8.14. The van der Waals surface area contributed by atoms with E-state index in [0.29, 0.717) is 6.42 Å². The second-order valence-corrected chi connectivity index (χ2v) is 5.64. The predicted molar refractivity (Wildman–Crippen MR) is 82.9 cm³/mol. The lowest BCUT2D eigenvalue weighted by Crippen LogP contribution is -2.12. The Morgan fingerprint density at radius 2 is 1.53 bits per heavy atom. The highest BCUT2D eigenvalue weighted by atomic mass is 35.5. The fourth-order valence-electron chi connectivity index (χ4n) is 1.99. The molecule has 0 radical (unpaired) electrons. The maximum Gasteiger partial charge on any atom is 0.321 e. The zero-order valence-electron chi connectivity index (χ0n) is 12.2. The van der Waals surface area contributed by atoms with Gasteiger partial charge in [0.25, 0.3) is 0 Å². The smallest absolute Gasteiger partial charge is 0.321 e. The SMILES string of the molecule is CCCCCCCC/C=C/CCCCC(Cl)C(=O)O. The first kappa shape index (κ1) is 18.5. The van der Waals surface area contributed by atoms with Crippen molar-refractivity contribution in [3.63, 3.8) is 0 Å². The van der Waals surface area contributed by atoms with Gasteiger partial charge in [-0.05, 0) is 32.1 Å². The van der Waals surface area contributed by atoms with E-state index in [1.165, 1.54) is 44.9 Å². The van der Waals surface area contributed by atoms with Crippen LogP contribution in [0, 0.1) is 0 Å². The minimum absolute atomic E-state index is 0.572. The molecule has 0 heterocycles. The average molecular weight is 289 g/mol. The number of halogens is 1. The van der Waals surface area contributed by atoms with E-state index in [2.05, 4.69) is 19.1 Å². The number of unbranched alkanes of at least 4 members (excludes halogenated alkanes) is 8. The summed E-state index contributed by atoms with van der Waals surface area (Å²) in [6.45, 7) is 2.24. The van der Waals surface area contributed by atoms with Crippen LogP contribution < -0.4 is 0 Å². The van der Waals surface area contributed by atoms with Gasteiger partial charge >= 0.3 is 5.97 Å². The van der Waals surface area contributed by atoms with Gasteiger partial charge in [0.05, 0.1) is 0 Å². The molecule has 0 saturated carbocycles. The zero-order chi connectivity index (χ0) is 14.3. The van der Waals surface area contributed by atoms with E-state index in [9.17, 15) is 4.79 Å². The van der Waals surface area contributed by atoms with E-state index in [-0.39, 0.29) is 0 Å². The molecule has 0 aliphatic heterocycles. The van der Waals surface area contributed by atoms with Crippen LogP contribution in [0.3, 0.4) is 0 Å². The van der Waals surface area contributed by atoms with Gasteiger partial charge in [0, 0.05) is 0 Å². The van der Waals surface area contributed by atoms with Gasteiger partial charge in [-0.25, -0.2) is 0 Å². The summed E-state index contributed by atoms with van der Waals surface area (Å²) in [5.41, 5.74) is 0. The third-order valence-corrected chi connectivity index (χ3v) is 3.64. The van der Waals surface area contributed by atoms with Gasteiger partial charge in [-0.1, -0.05) is 57.6 Å². The summed E-state index contributed by atoms with van der Waals surface area (Å²) >= 11 is 5.63. The second-order valence-electron chi connectivity index (χ2n) is 5.12. The van der Waals surface area contributed by atoms with Gasteiger partial charge < -0.3 is 5.11 Å². The Hall–Kier alpha value is -0.500. The number of carboxylic acid groups (broad SMARTS) is 1. The van der Waals surface area contributed by atoms with Crippen molar-refractivity contribution in [2.75, 3.05) is 0 Å². The van der Waals surface area contributed by atoms with Gasteiger partial charge in [0.2, 0.25) is 0 Å². The Kier molecular flexibility index (Phi) is 13.6. The summed E-state index contributed by atoms with van der Waals surface area (Å²) < 4.78 is 0. The number of alkyl halides is 1. The summed E-state index contributed by atoms with van der Waals surface area (Å²) in [6.07, 6.45) is 17.3. The van der Waals surface area contributed by atoms with Crippen LogP contribution >= 0.6 is 11.6 Å². The topological polar surface area (TPSA) is 37.3 Å². The third-order valence-electron chi connectivity index (χ3n) is 3.24. The minimum Gasteiger partial charge on any atom is -0.480 e. The van der Waals surface area contributed by atoms with Crippen molar-refractivity contribution in [1.82, 2.24) is 0 Å². The van der Waals surface area contributed by atoms with Gasteiger partial charge in [-0.2, -0.15) is 0 Å². The van der Waals surface area contributed by atoms with Crippen molar-refractivity contribution in [1.29, 1.82) is 0 Å². The van der Waals surface area contributed by atoms with Crippen molar-refractivity contribution in [2.24, 2.45) is 0 Å². The lowest BCUT2D eigenvalue weighted by molar-refractivity contribution is -0.136. The van der Waals surface area contributed by atoms with Crippen molar-refractivity contribution < 1.29 is 9.90 Å². The van der Waals surface area contributed by atoms with E-state index >= 15 is 0 Å². The fraction of sp³-hybridized carbons (Fsp3) is 0.812. The van der Waals surface area contributed by atoms with E-state index in [1.807, 2.05) is 0 Å².